The summed E-state index contributed by atoms with van der Waals surface area (Å²) in [5.41, 5.74) is 9.24. The Kier molecular flexibility index (Phi) is 8.19. The predicted octanol–water partition coefficient (Wildman–Crippen LogP) is 4.38. The number of hydrogen-bond acceptors (Lipinski definition) is 2. The molecule has 0 aliphatic heterocycles. The standard InChI is InChI=1S/C17H20ClN3O.HI/c1-12-7-8-14(11-13(12)2)21-17(19)20-9-10-22-16-6-4-3-5-15(16)18;/h3-8,11H,9-10H2,1-2H3,(H3,19,20,21);1H. The van der Waals surface area contributed by atoms with E-state index in [1.54, 1.807) is 6.07 Å². The maximum atomic E-state index is 6.00. The molecule has 0 unspecified atom stereocenters. The molecule has 0 aromatic heterocycles. The van der Waals surface area contributed by atoms with Crippen LogP contribution < -0.4 is 15.8 Å². The van der Waals surface area contributed by atoms with Gasteiger partial charge in [0.2, 0.25) is 0 Å². The van der Waals surface area contributed by atoms with Crippen molar-refractivity contribution in [2.75, 3.05) is 18.5 Å². The predicted molar refractivity (Wildman–Crippen MR) is 108 cm³/mol. The topological polar surface area (TPSA) is 59.6 Å². The molecule has 2 rings (SSSR count). The van der Waals surface area contributed by atoms with Crippen LogP contribution in [-0.2, 0) is 0 Å². The van der Waals surface area contributed by atoms with Crippen LogP contribution in [0.1, 0.15) is 11.1 Å². The molecule has 0 saturated carbocycles. The van der Waals surface area contributed by atoms with Crippen molar-refractivity contribution in [1.29, 1.82) is 0 Å². The molecule has 0 fully saturated rings. The third-order valence-electron chi connectivity index (χ3n) is 3.25. The lowest BCUT2D eigenvalue weighted by atomic mass is 10.1. The Labute approximate surface area is 159 Å². The van der Waals surface area contributed by atoms with Crippen molar-refractivity contribution < 1.29 is 4.74 Å². The van der Waals surface area contributed by atoms with Gasteiger partial charge in [0.15, 0.2) is 5.96 Å². The Bertz CT molecular complexity index is 677. The van der Waals surface area contributed by atoms with E-state index in [1.807, 2.05) is 36.4 Å². The van der Waals surface area contributed by atoms with Gasteiger partial charge in [-0.2, -0.15) is 0 Å². The molecule has 0 spiro atoms. The lowest BCUT2D eigenvalue weighted by Crippen LogP contribution is -2.23. The Morgan fingerprint density at radius 2 is 1.91 bits per heavy atom. The highest BCUT2D eigenvalue weighted by molar-refractivity contribution is 14.0. The monoisotopic (exact) mass is 445 g/mol. The van der Waals surface area contributed by atoms with Gasteiger partial charge in [-0.05, 0) is 49.2 Å². The maximum absolute atomic E-state index is 6.00. The van der Waals surface area contributed by atoms with Gasteiger partial charge in [0, 0.05) is 5.69 Å². The first-order chi connectivity index (χ1) is 10.6. The number of benzene rings is 2. The highest BCUT2D eigenvalue weighted by Gasteiger charge is 2.00. The SMILES string of the molecule is Cc1ccc(NC(N)=NCCOc2ccccc2Cl)cc1C.I. The van der Waals surface area contributed by atoms with E-state index in [2.05, 4.69) is 24.2 Å². The number of nitrogens with one attached hydrogen (secondary N) is 1. The van der Waals surface area contributed by atoms with Gasteiger partial charge in [0.25, 0.3) is 0 Å². The molecule has 0 radical (unpaired) electrons. The number of rotatable bonds is 5. The molecule has 124 valence electrons. The summed E-state index contributed by atoms with van der Waals surface area (Å²) in [6.07, 6.45) is 0. The number of ether oxygens (including phenoxy) is 1. The molecule has 4 nitrogen and oxygen atoms in total. The summed E-state index contributed by atoms with van der Waals surface area (Å²) in [4.78, 5) is 4.23. The molecule has 2 aromatic carbocycles. The summed E-state index contributed by atoms with van der Waals surface area (Å²) in [5.74, 6) is 1.02. The Morgan fingerprint density at radius 1 is 1.17 bits per heavy atom. The first-order valence-corrected chi connectivity index (χ1v) is 7.45. The van der Waals surface area contributed by atoms with Crippen LogP contribution in [0.3, 0.4) is 0 Å². The van der Waals surface area contributed by atoms with Gasteiger partial charge < -0.3 is 15.8 Å². The lowest BCUT2D eigenvalue weighted by Gasteiger charge is -2.09. The van der Waals surface area contributed by atoms with E-state index in [4.69, 9.17) is 22.1 Å². The Balaban J connectivity index is 0.00000264. The fourth-order valence-electron chi connectivity index (χ4n) is 1.89. The molecule has 0 amide bonds. The molecule has 23 heavy (non-hydrogen) atoms. The van der Waals surface area contributed by atoms with Gasteiger partial charge in [-0.25, -0.2) is 4.99 Å². The average molecular weight is 446 g/mol. The van der Waals surface area contributed by atoms with Crippen LogP contribution in [0, 0.1) is 13.8 Å². The highest BCUT2D eigenvalue weighted by Crippen LogP contribution is 2.22. The number of aliphatic imine (C=N–C) groups is 1. The summed E-state index contributed by atoms with van der Waals surface area (Å²) >= 11 is 6.00. The van der Waals surface area contributed by atoms with E-state index >= 15 is 0 Å². The molecule has 2 aromatic rings. The largest absolute Gasteiger partial charge is 0.490 e. The van der Waals surface area contributed by atoms with Crippen LogP contribution in [0.5, 0.6) is 5.75 Å². The second-order valence-electron chi connectivity index (χ2n) is 4.97. The minimum absolute atomic E-state index is 0. The molecule has 0 saturated heterocycles. The summed E-state index contributed by atoms with van der Waals surface area (Å²) in [6.45, 7) is 5.00. The molecule has 3 N–H and O–H groups in total. The van der Waals surface area contributed by atoms with E-state index in [1.165, 1.54) is 11.1 Å². The van der Waals surface area contributed by atoms with Gasteiger partial charge >= 0.3 is 0 Å². The normalized spacial score (nSPS) is 10.8. The second-order valence-corrected chi connectivity index (χ2v) is 5.38. The number of anilines is 1. The molecular formula is C17H21ClIN3O. The van der Waals surface area contributed by atoms with Crippen molar-refractivity contribution in [1.82, 2.24) is 0 Å². The first kappa shape index (κ1) is 19.6. The van der Waals surface area contributed by atoms with Crippen LogP contribution in [0.2, 0.25) is 5.02 Å². The number of hydrogen-bond donors (Lipinski definition) is 2. The van der Waals surface area contributed by atoms with E-state index in [0.29, 0.717) is 29.9 Å². The summed E-state index contributed by atoms with van der Waals surface area (Å²) < 4.78 is 5.55. The number of nitrogens with two attached hydrogens (primary N) is 1. The van der Waals surface area contributed by atoms with E-state index in [0.717, 1.165) is 5.69 Å². The minimum atomic E-state index is 0. The van der Waals surface area contributed by atoms with Gasteiger partial charge in [-0.15, -0.1) is 24.0 Å². The average Bonchev–Trinajstić information content (AvgIpc) is 2.49. The number of para-hydroxylation sites is 1. The number of halogens is 2. The smallest absolute Gasteiger partial charge is 0.193 e. The van der Waals surface area contributed by atoms with Crippen LogP contribution in [-0.4, -0.2) is 19.1 Å². The Morgan fingerprint density at radius 3 is 2.61 bits per heavy atom. The summed E-state index contributed by atoms with van der Waals surface area (Å²) in [7, 11) is 0. The van der Waals surface area contributed by atoms with Crippen molar-refractivity contribution in [3.8, 4) is 5.75 Å². The van der Waals surface area contributed by atoms with Crippen molar-refractivity contribution in [3.63, 3.8) is 0 Å². The fourth-order valence-corrected chi connectivity index (χ4v) is 2.08. The summed E-state index contributed by atoms with van der Waals surface area (Å²) in [6, 6.07) is 13.4. The highest BCUT2D eigenvalue weighted by atomic mass is 127. The van der Waals surface area contributed by atoms with Crippen LogP contribution in [0.4, 0.5) is 5.69 Å². The zero-order valence-corrected chi connectivity index (χ0v) is 16.3. The fraction of sp³-hybridized carbons (Fsp3) is 0.235. The van der Waals surface area contributed by atoms with Gasteiger partial charge in [0.05, 0.1) is 11.6 Å². The molecular weight excluding hydrogens is 425 g/mol. The van der Waals surface area contributed by atoms with Crippen LogP contribution in [0.25, 0.3) is 0 Å². The van der Waals surface area contributed by atoms with Crippen LogP contribution in [0.15, 0.2) is 47.5 Å². The third-order valence-corrected chi connectivity index (χ3v) is 3.56. The zero-order valence-electron chi connectivity index (χ0n) is 13.2. The molecule has 0 atom stereocenters. The minimum Gasteiger partial charge on any atom is -0.490 e. The van der Waals surface area contributed by atoms with E-state index in [-0.39, 0.29) is 24.0 Å². The molecule has 0 heterocycles. The Hall–Kier alpha value is -1.47. The molecule has 0 aliphatic rings. The van der Waals surface area contributed by atoms with Crippen molar-refractivity contribution in [3.05, 3.63) is 58.6 Å². The lowest BCUT2D eigenvalue weighted by molar-refractivity contribution is 0.329. The molecule has 0 bridgehead atoms. The van der Waals surface area contributed by atoms with E-state index < -0.39 is 0 Å². The number of guanidine groups is 1. The van der Waals surface area contributed by atoms with Gasteiger partial charge in [-0.3, -0.25) is 0 Å². The van der Waals surface area contributed by atoms with Crippen LogP contribution >= 0.6 is 35.6 Å². The molecule has 0 aliphatic carbocycles. The number of nitrogens with zero attached hydrogens (tertiary/aromatic N) is 1. The second kappa shape index (κ2) is 9.62. The maximum Gasteiger partial charge on any atom is 0.193 e. The first-order valence-electron chi connectivity index (χ1n) is 7.08. The van der Waals surface area contributed by atoms with Gasteiger partial charge in [-0.1, -0.05) is 29.8 Å². The summed E-state index contributed by atoms with van der Waals surface area (Å²) in [5, 5.41) is 3.66. The zero-order chi connectivity index (χ0) is 15.9. The van der Waals surface area contributed by atoms with Crippen molar-refractivity contribution >= 4 is 47.2 Å². The van der Waals surface area contributed by atoms with Gasteiger partial charge in [0.1, 0.15) is 12.4 Å². The van der Waals surface area contributed by atoms with E-state index in [9.17, 15) is 0 Å². The van der Waals surface area contributed by atoms with Crippen molar-refractivity contribution in [2.24, 2.45) is 10.7 Å². The van der Waals surface area contributed by atoms with Crippen molar-refractivity contribution in [2.45, 2.75) is 13.8 Å². The number of aryl methyl sites for hydroxylation is 2. The molecule has 6 heteroatoms. The third kappa shape index (κ3) is 6.27. The quantitative estimate of drug-likeness (QED) is 0.311.